The minimum Gasteiger partial charge on any atom is -0.356 e. The number of pyridine rings is 1. The first-order valence-corrected chi connectivity index (χ1v) is 9.68. The first-order chi connectivity index (χ1) is 12.2. The molecule has 2 fully saturated rings. The van der Waals surface area contributed by atoms with Gasteiger partial charge < -0.3 is 10.2 Å². The molecule has 4 nitrogen and oxygen atoms in total. The van der Waals surface area contributed by atoms with Crippen molar-refractivity contribution in [2.75, 3.05) is 18.0 Å². The lowest BCUT2D eigenvalue weighted by Gasteiger charge is -2.30. The maximum atomic E-state index is 13.1. The van der Waals surface area contributed by atoms with Crippen LogP contribution in [0.25, 0.3) is 10.9 Å². The molecule has 1 aliphatic heterocycles. The second kappa shape index (κ2) is 7.03. The highest BCUT2D eigenvalue weighted by atomic mass is 16.1. The van der Waals surface area contributed by atoms with E-state index < -0.39 is 0 Å². The van der Waals surface area contributed by atoms with E-state index in [1.807, 2.05) is 30.3 Å². The number of rotatable bonds is 3. The summed E-state index contributed by atoms with van der Waals surface area (Å²) in [5, 5.41) is 4.34. The van der Waals surface area contributed by atoms with Crippen LogP contribution in [-0.4, -0.2) is 30.0 Å². The predicted octanol–water partition coefficient (Wildman–Crippen LogP) is 4.14. The standard InChI is InChI=1S/C21H27N3O/c1-15-8-2-4-10-18(15)23-21(25)17-14-16-9-3-5-11-19(16)22-20(17)24-12-6-7-13-24/h3,5,9,11,14-15,18H,2,4,6-8,10,12-13H2,1H3,(H,23,25)/t15-,18+/m0/s1. The summed E-state index contributed by atoms with van der Waals surface area (Å²) >= 11 is 0. The van der Waals surface area contributed by atoms with E-state index in [1.54, 1.807) is 0 Å². The largest absolute Gasteiger partial charge is 0.356 e. The molecule has 1 N–H and O–H groups in total. The summed E-state index contributed by atoms with van der Waals surface area (Å²) < 4.78 is 0. The third-order valence-corrected chi connectivity index (χ3v) is 5.78. The summed E-state index contributed by atoms with van der Waals surface area (Å²) in [5.41, 5.74) is 1.70. The van der Waals surface area contributed by atoms with Gasteiger partial charge in [-0.15, -0.1) is 0 Å². The van der Waals surface area contributed by atoms with E-state index in [1.165, 1.54) is 32.1 Å². The Hall–Kier alpha value is -2.10. The highest BCUT2D eigenvalue weighted by molar-refractivity contribution is 6.02. The highest BCUT2D eigenvalue weighted by Crippen LogP contribution is 2.28. The van der Waals surface area contributed by atoms with Crippen molar-refractivity contribution in [3.8, 4) is 0 Å². The van der Waals surface area contributed by atoms with Crippen molar-refractivity contribution in [2.24, 2.45) is 5.92 Å². The van der Waals surface area contributed by atoms with Gasteiger partial charge in [-0.05, 0) is 43.7 Å². The van der Waals surface area contributed by atoms with Gasteiger partial charge in [-0.25, -0.2) is 4.98 Å². The number of benzene rings is 1. The molecule has 0 radical (unpaired) electrons. The predicted molar refractivity (Wildman–Crippen MR) is 102 cm³/mol. The first-order valence-electron chi connectivity index (χ1n) is 9.68. The van der Waals surface area contributed by atoms with Gasteiger partial charge in [0.25, 0.3) is 5.91 Å². The van der Waals surface area contributed by atoms with Crippen LogP contribution in [0.3, 0.4) is 0 Å². The van der Waals surface area contributed by atoms with Crippen molar-refractivity contribution in [3.63, 3.8) is 0 Å². The van der Waals surface area contributed by atoms with Gasteiger partial charge in [-0.3, -0.25) is 4.79 Å². The molecule has 0 unspecified atom stereocenters. The molecule has 2 heterocycles. The number of para-hydroxylation sites is 1. The fourth-order valence-corrected chi connectivity index (χ4v) is 4.22. The number of hydrogen-bond acceptors (Lipinski definition) is 3. The van der Waals surface area contributed by atoms with E-state index in [-0.39, 0.29) is 5.91 Å². The van der Waals surface area contributed by atoms with E-state index in [0.29, 0.717) is 12.0 Å². The monoisotopic (exact) mass is 337 g/mol. The Morgan fingerprint density at radius 3 is 2.68 bits per heavy atom. The van der Waals surface area contributed by atoms with Crippen LogP contribution < -0.4 is 10.2 Å². The van der Waals surface area contributed by atoms with Crippen LogP contribution in [0.2, 0.25) is 0 Å². The lowest BCUT2D eigenvalue weighted by Crippen LogP contribution is -2.41. The lowest BCUT2D eigenvalue weighted by atomic mass is 9.86. The zero-order valence-electron chi connectivity index (χ0n) is 15.0. The molecule has 25 heavy (non-hydrogen) atoms. The first kappa shape index (κ1) is 16.4. The summed E-state index contributed by atoms with van der Waals surface area (Å²) in [5.74, 6) is 1.46. The van der Waals surface area contributed by atoms with Crippen LogP contribution in [0.15, 0.2) is 30.3 Å². The van der Waals surface area contributed by atoms with Crippen molar-refractivity contribution in [3.05, 3.63) is 35.9 Å². The van der Waals surface area contributed by atoms with Crippen LogP contribution in [0.1, 0.15) is 55.8 Å². The molecular formula is C21H27N3O. The Morgan fingerprint density at radius 1 is 1.12 bits per heavy atom. The molecule has 132 valence electrons. The molecule has 4 heteroatoms. The fourth-order valence-electron chi connectivity index (χ4n) is 4.22. The van der Waals surface area contributed by atoms with Gasteiger partial charge in [0.15, 0.2) is 0 Å². The zero-order valence-corrected chi connectivity index (χ0v) is 15.0. The Labute approximate surface area is 149 Å². The Bertz CT molecular complexity index is 767. The number of carbonyl (C=O) groups excluding carboxylic acids is 1. The molecule has 1 saturated carbocycles. The second-order valence-electron chi connectivity index (χ2n) is 7.59. The number of anilines is 1. The quantitative estimate of drug-likeness (QED) is 0.915. The number of fused-ring (bicyclic) bond motifs is 1. The van der Waals surface area contributed by atoms with Gasteiger partial charge in [-0.1, -0.05) is 38.0 Å². The van der Waals surface area contributed by atoms with Crippen LogP contribution in [-0.2, 0) is 0 Å². The van der Waals surface area contributed by atoms with E-state index in [4.69, 9.17) is 4.98 Å². The smallest absolute Gasteiger partial charge is 0.255 e. The fraction of sp³-hybridized carbons (Fsp3) is 0.524. The van der Waals surface area contributed by atoms with E-state index in [9.17, 15) is 4.79 Å². The zero-order chi connectivity index (χ0) is 17.2. The molecule has 0 bridgehead atoms. The van der Waals surface area contributed by atoms with Crippen molar-refractivity contribution in [1.82, 2.24) is 10.3 Å². The molecule has 0 spiro atoms. The minimum atomic E-state index is 0.0407. The average Bonchev–Trinajstić information content (AvgIpc) is 3.17. The maximum absolute atomic E-state index is 13.1. The molecule has 2 aromatic rings. The van der Waals surface area contributed by atoms with Gasteiger partial charge in [-0.2, -0.15) is 0 Å². The van der Waals surface area contributed by atoms with Crippen LogP contribution in [0.4, 0.5) is 5.82 Å². The summed E-state index contributed by atoms with van der Waals surface area (Å²) in [6, 6.07) is 10.4. The van der Waals surface area contributed by atoms with Crippen molar-refractivity contribution in [1.29, 1.82) is 0 Å². The van der Waals surface area contributed by atoms with Crippen molar-refractivity contribution < 1.29 is 4.79 Å². The number of nitrogens with zero attached hydrogens (tertiary/aromatic N) is 2. The number of carbonyl (C=O) groups is 1. The molecule has 2 atom stereocenters. The van der Waals surface area contributed by atoms with E-state index in [2.05, 4.69) is 17.1 Å². The average molecular weight is 337 g/mol. The number of hydrogen-bond donors (Lipinski definition) is 1. The van der Waals surface area contributed by atoms with Gasteiger partial charge in [0.05, 0.1) is 11.1 Å². The highest BCUT2D eigenvalue weighted by Gasteiger charge is 2.26. The molecule has 2 aliphatic rings. The summed E-state index contributed by atoms with van der Waals surface area (Å²) in [6.07, 6.45) is 7.14. The molecule has 1 amide bonds. The molecule has 4 rings (SSSR count). The molecule has 1 aromatic heterocycles. The normalized spacial score (nSPS) is 23.8. The van der Waals surface area contributed by atoms with E-state index >= 15 is 0 Å². The summed E-state index contributed by atoms with van der Waals surface area (Å²) in [4.78, 5) is 20.2. The Morgan fingerprint density at radius 2 is 1.88 bits per heavy atom. The SMILES string of the molecule is C[C@H]1CCCC[C@H]1NC(=O)c1cc2ccccc2nc1N1CCCC1. The maximum Gasteiger partial charge on any atom is 0.255 e. The van der Waals surface area contributed by atoms with Crippen LogP contribution in [0, 0.1) is 5.92 Å². The molecule has 1 saturated heterocycles. The van der Waals surface area contributed by atoms with Gasteiger partial charge >= 0.3 is 0 Å². The van der Waals surface area contributed by atoms with Crippen LogP contribution in [0.5, 0.6) is 0 Å². The summed E-state index contributed by atoms with van der Waals surface area (Å²) in [7, 11) is 0. The molecular weight excluding hydrogens is 310 g/mol. The second-order valence-corrected chi connectivity index (χ2v) is 7.59. The minimum absolute atomic E-state index is 0.0407. The van der Waals surface area contributed by atoms with Gasteiger partial charge in [0, 0.05) is 24.5 Å². The third kappa shape index (κ3) is 3.35. The summed E-state index contributed by atoms with van der Waals surface area (Å²) in [6.45, 7) is 4.24. The Balaban J connectivity index is 1.68. The molecule has 1 aromatic carbocycles. The number of nitrogens with one attached hydrogen (secondary N) is 1. The lowest BCUT2D eigenvalue weighted by molar-refractivity contribution is 0.0910. The third-order valence-electron chi connectivity index (χ3n) is 5.78. The Kier molecular flexibility index (Phi) is 4.60. The van der Waals surface area contributed by atoms with E-state index in [0.717, 1.165) is 41.8 Å². The van der Waals surface area contributed by atoms with Gasteiger partial charge in [0.1, 0.15) is 5.82 Å². The number of aromatic nitrogens is 1. The van der Waals surface area contributed by atoms with Gasteiger partial charge in [0.2, 0.25) is 0 Å². The topological polar surface area (TPSA) is 45.2 Å². The van der Waals surface area contributed by atoms with Crippen molar-refractivity contribution >= 4 is 22.6 Å². The number of amides is 1. The molecule has 1 aliphatic carbocycles. The van der Waals surface area contributed by atoms with Crippen LogP contribution >= 0.6 is 0 Å². The van der Waals surface area contributed by atoms with Crippen molar-refractivity contribution in [2.45, 2.75) is 51.5 Å².